The number of carbonyl (C=O) groups excluding carboxylic acids is 1. The normalized spacial score (nSPS) is 10.3. The minimum absolute atomic E-state index is 0.179. The van der Waals surface area contributed by atoms with Crippen LogP contribution in [0.5, 0.6) is 0 Å². The lowest BCUT2D eigenvalue weighted by atomic mass is 10.4. The van der Waals surface area contributed by atoms with Gasteiger partial charge in [-0.25, -0.2) is 9.59 Å². The molecule has 0 saturated carbocycles. The van der Waals surface area contributed by atoms with Crippen LogP contribution in [-0.2, 0) is 23.2 Å². The van der Waals surface area contributed by atoms with Gasteiger partial charge in [0, 0.05) is 23.9 Å². The molecule has 0 amide bonds. The first-order chi connectivity index (χ1) is 10.6. The Morgan fingerprint density at radius 3 is 1.91 bits per heavy atom. The van der Waals surface area contributed by atoms with Crippen molar-refractivity contribution in [1.82, 2.24) is 0 Å². The van der Waals surface area contributed by atoms with E-state index in [4.69, 9.17) is 18.7 Å². The second kappa shape index (κ2) is 14.2. The molecular weight excluding hydrogens is 316 g/mol. The van der Waals surface area contributed by atoms with Gasteiger partial charge < -0.3 is 18.7 Å². The summed E-state index contributed by atoms with van der Waals surface area (Å²) in [5.74, 6) is -1.31. The number of esters is 1. The average Bonchev–Trinajstić information content (AvgIpc) is 2.42. The zero-order valence-corrected chi connectivity index (χ0v) is 16.0. The lowest BCUT2D eigenvalue weighted by Gasteiger charge is -2.21. The first kappa shape index (κ1) is 23.8. The van der Waals surface area contributed by atoms with Crippen molar-refractivity contribution in [1.29, 1.82) is 0 Å². The molecule has 0 spiro atoms. The van der Waals surface area contributed by atoms with Crippen LogP contribution in [0.3, 0.4) is 0 Å². The molecule has 23 heavy (non-hydrogen) atoms. The third-order valence-corrected chi connectivity index (χ3v) is 4.76. The summed E-state index contributed by atoms with van der Waals surface area (Å²) in [7, 11) is -1.65. The third-order valence-electron chi connectivity index (χ3n) is 2.19. The van der Waals surface area contributed by atoms with Gasteiger partial charge in [0.1, 0.15) is 0 Å². The number of hydrogen-bond acceptors (Lipinski definition) is 5. The fourth-order valence-electron chi connectivity index (χ4n) is 1.31. The van der Waals surface area contributed by atoms with Crippen molar-refractivity contribution in [2.75, 3.05) is 6.61 Å². The maximum absolute atomic E-state index is 11.2. The summed E-state index contributed by atoms with van der Waals surface area (Å²) in [4.78, 5) is 20.4. The summed E-state index contributed by atoms with van der Waals surface area (Å²) >= 11 is 0. The summed E-state index contributed by atoms with van der Waals surface area (Å²) in [6.45, 7) is 16.6. The zero-order chi connectivity index (χ0) is 18.4. The van der Waals surface area contributed by atoms with Gasteiger partial charge in [0.05, 0.1) is 6.61 Å². The highest BCUT2D eigenvalue weighted by Crippen LogP contribution is 2.08. The highest BCUT2D eigenvalue weighted by molar-refractivity contribution is 6.44. The van der Waals surface area contributed by atoms with Crippen molar-refractivity contribution in [2.45, 2.75) is 59.3 Å². The summed E-state index contributed by atoms with van der Waals surface area (Å²) < 4.78 is 16.6. The number of rotatable bonds is 10. The number of ether oxygens (including phenoxy) is 1. The van der Waals surface area contributed by atoms with E-state index in [1.807, 2.05) is 27.7 Å². The molecule has 0 aromatic carbocycles. The summed E-state index contributed by atoms with van der Waals surface area (Å²) in [6, 6.07) is 0.847. The first-order valence-electron chi connectivity index (χ1n) is 7.59. The second-order valence-corrected chi connectivity index (χ2v) is 7.38. The van der Waals surface area contributed by atoms with E-state index >= 15 is 0 Å². The van der Waals surface area contributed by atoms with Gasteiger partial charge in [-0.15, -0.1) is 0 Å². The third kappa shape index (κ3) is 18.5. The number of hydrogen-bond donors (Lipinski definition) is 1. The van der Waals surface area contributed by atoms with Crippen molar-refractivity contribution in [3.05, 3.63) is 24.8 Å². The predicted molar refractivity (Wildman–Crippen MR) is 92.6 cm³/mol. The van der Waals surface area contributed by atoms with E-state index in [1.54, 1.807) is 6.92 Å². The smallest absolute Gasteiger partial charge is 0.333 e. The van der Waals surface area contributed by atoms with Crippen LogP contribution in [0.4, 0.5) is 0 Å². The molecule has 0 bridgehead atoms. The largest absolute Gasteiger partial charge is 0.478 e. The Morgan fingerprint density at radius 2 is 1.61 bits per heavy atom. The molecule has 134 valence electrons. The van der Waals surface area contributed by atoms with Gasteiger partial charge in [0.2, 0.25) is 0 Å². The maximum atomic E-state index is 11.2. The Hall–Kier alpha value is -1.44. The maximum Gasteiger partial charge on any atom is 0.333 e. The fraction of sp³-hybridized carbons (Fsp3) is 0.625. The Balaban J connectivity index is 0. The molecular formula is C16H30O6Si. The molecule has 0 rings (SSSR count). The van der Waals surface area contributed by atoms with Gasteiger partial charge in [-0.05, 0) is 47.1 Å². The van der Waals surface area contributed by atoms with Gasteiger partial charge in [-0.2, -0.15) is 0 Å². The van der Waals surface area contributed by atoms with Crippen LogP contribution in [0, 0.1) is 0 Å². The SMILES string of the molecule is C=C(C)C(=O)OCCC[SiH](OC(C)C)OC(C)C.C=CC(=O)O. The molecule has 0 aromatic heterocycles. The van der Waals surface area contributed by atoms with Crippen LogP contribution in [0.2, 0.25) is 6.04 Å². The molecule has 0 atom stereocenters. The Kier molecular flexibility index (Phi) is 14.7. The number of aliphatic carboxylic acids is 1. The van der Waals surface area contributed by atoms with Crippen LogP contribution < -0.4 is 0 Å². The second-order valence-electron chi connectivity index (χ2n) is 5.40. The predicted octanol–water partition coefficient (Wildman–Crippen LogP) is 2.82. The van der Waals surface area contributed by atoms with Crippen LogP contribution in [0.25, 0.3) is 0 Å². The molecule has 0 aliphatic heterocycles. The lowest BCUT2D eigenvalue weighted by Crippen LogP contribution is -2.29. The van der Waals surface area contributed by atoms with E-state index in [2.05, 4.69) is 13.2 Å². The molecule has 0 aliphatic rings. The van der Waals surface area contributed by atoms with Gasteiger partial charge >= 0.3 is 21.2 Å². The molecule has 6 nitrogen and oxygen atoms in total. The first-order valence-corrected chi connectivity index (χ1v) is 9.34. The standard InChI is InChI=1S/C13H26O4Si.C3H4O2/c1-10(2)13(14)15-8-7-9-18(16-11(3)4)17-12(5)6;1-2-3(4)5/h11-12,18H,1,7-9H2,2-6H3;2H,1H2,(H,4,5). The molecule has 0 radical (unpaired) electrons. The van der Waals surface area contributed by atoms with E-state index < -0.39 is 15.3 Å². The summed E-state index contributed by atoms with van der Waals surface area (Å²) in [5.41, 5.74) is 0.431. The van der Waals surface area contributed by atoms with Gasteiger partial charge in [-0.3, -0.25) is 0 Å². The van der Waals surface area contributed by atoms with Crippen molar-refractivity contribution >= 4 is 21.2 Å². The molecule has 0 saturated heterocycles. The Morgan fingerprint density at radius 1 is 1.17 bits per heavy atom. The molecule has 7 heteroatoms. The zero-order valence-electron chi connectivity index (χ0n) is 14.8. The lowest BCUT2D eigenvalue weighted by molar-refractivity contribution is -0.139. The van der Waals surface area contributed by atoms with Gasteiger partial charge in [0.25, 0.3) is 0 Å². The topological polar surface area (TPSA) is 82.1 Å². The van der Waals surface area contributed by atoms with E-state index in [1.165, 1.54) is 0 Å². The van der Waals surface area contributed by atoms with E-state index in [0.717, 1.165) is 18.5 Å². The van der Waals surface area contributed by atoms with E-state index in [9.17, 15) is 9.59 Å². The highest BCUT2D eigenvalue weighted by atomic mass is 28.3. The van der Waals surface area contributed by atoms with Crippen molar-refractivity contribution in [2.24, 2.45) is 0 Å². The number of carboxylic acids is 1. The molecule has 0 aromatic rings. The number of carbonyl (C=O) groups is 2. The van der Waals surface area contributed by atoms with Crippen LogP contribution in [0.1, 0.15) is 41.0 Å². The van der Waals surface area contributed by atoms with Crippen LogP contribution in [-0.4, -0.2) is 45.1 Å². The highest BCUT2D eigenvalue weighted by Gasteiger charge is 2.17. The van der Waals surface area contributed by atoms with Crippen molar-refractivity contribution < 1.29 is 28.3 Å². The minimum atomic E-state index is -1.65. The molecule has 0 aliphatic carbocycles. The van der Waals surface area contributed by atoms with Gasteiger partial charge in [0.15, 0.2) is 0 Å². The number of carboxylic acid groups (broad SMARTS) is 1. The monoisotopic (exact) mass is 346 g/mol. The van der Waals surface area contributed by atoms with Crippen molar-refractivity contribution in [3.8, 4) is 0 Å². The summed E-state index contributed by atoms with van der Waals surface area (Å²) in [6.07, 6.45) is 1.96. The minimum Gasteiger partial charge on any atom is -0.478 e. The molecule has 0 unspecified atom stereocenters. The fourth-order valence-corrected chi connectivity index (χ4v) is 3.36. The summed E-state index contributed by atoms with van der Waals surface area (Å²) in [5, 5.41) is 7.60. The van der Waals surface area contributed by atoms with E-state index in [0.29, 0.717) is 12.2 Å². The quantitative estimate of drug-likeness (QED) is 0.283. The Bertz CT molecular complexity index is 369. The Labute approximate surface area is 141 Å². The van der Waals surface area contributed by atoms with Crippen molar-refractivity contribution in [3.63, 3.8) is 0 Å². The molecule has 0 heterocycles. The van der Waals surface area contributed by atoms with Gasteiger partial charge in [-0.1, -0.05) is 13.2 Å². The van der Waals surface area contributed by atoms with Crippen LogP contribution in [0.15, 0.2) is 24.8 Å². The van der Waals surface area contributed by atoms with E-state index in [-0.39, 0.29) is 18.2 Å². The average molecular weight is 346 g/mol. The molecule has 1 N–H and O–H groups in total. The molecule has 0 fully saturated rings. The van der Waals surface area contributed by atoms with Crippen LogP contribution >= 0.6 is 0 Å².